The molecule has 25 heavy (non-hydrogen) atoms. The third kappa shape index (κ3) is 3.34. The summed E-state index contributed by atoms with van der Waals surface area (Å²) >= 11 is 0. The van der Waals surface area contributed by atoms with Crippen LogP contribution in [0, 0.1) is 0 Å². The predicted octanol–water partition coefficient (Wildman–Crippen LogP) is 1.02. The highest BCUT2D eigenvalue weighted by Crippen LogP contribution is 2.44. The van der Waals surface area contributed by atoms with Gasteiger partial charge in [-0.05, 0) is 29.2 Å². The number of aliphatic hydroxyl groups excluding tert-OH is 1. The molecule has 1 amide bonds. The lowest BCUT2D eigenvalue weighted by Gasteiger charge is -2.22. The van der Waals surface area contributed by atoms with Crippen LogP contribution in [0.1, 0.15) is 24.0 Å². The number of alkyl carbamates (subject to hydrolysis) is 1. The zero-order valence-corrected chi connectivity index (χ0v) is 13.6. The van der Waals surface area contributed by atoms with Crippen LogP contribution in [-0.2, 0) is 9.53 Å². The molecule has 2 unspecified atom stereocenters. The SMILES string of the molecule is CC(O)C(NC(=O)OCC1c2ccccc2-c2ccccc21)C(=O)[O-]. The maximum absolute atomic E-state index is 11.9. The third-order valence-electron chi connectivity index (χ3n) is 4.35. The highest BCUT2D eigenvalue weighted by Gasteiger charge is 2.29. The molecule has 0 aliphatic heterocycles. The quantitative estimate of drug-likeness (QED) is 0.847. The molecule has 3 rings (SSSR count). The molecule has 0 heterocycles. The fourth-order valence-electron chi connectivity index (χ4n) is 3.14. The van der Waals surface area contributed by atoms with Crippen LogP contribution in [0.25, 0.3) is 11.1 Å². The number of fused-ring (bicyclic) bond motifs is 3. The Morgan fingerprint density at radius 2 is 1.64 bits per heavy atom. The maximum atomic E-state index is 11.9. The molecule has 1 aliphatic carbocycles. The van der Waals surface area contributed by atoms with Gasteiger partial charge < -0.3 is 25.1 Å². The number of carboxylic acid groups (broad SMARTS) is 1. The van der Waals surface area contributed by atoms with Gasteiger partial charge in [0.05, 0.1) is 18.1 Å². The van der Waals surface area contributed by atoms with Gasteiger partial charge in [0.2, 0.25) is 0 Å². The zero-order valence-electron chi connectivity index (χ0n) is 13.6. The topological polar surface area (TPSA) is 98.7 Å². The first kappa shape index (κ1) is 17.0. The first-order valence-corrected chi connectivity index (χ1v) is 7.99. The van der Waals surface area contributed by atoms with Crippen LogP contribution in [0.3, 0.4) is 0 Å². The van der Waals surface area contributed by atoms with E-state index in [1.807, 2.05) is 48.5 Å². The predicted molar refractivity (Wildman–Crippen MR) is 88.7 cm³/mol. The van der Waals surface area contributed by atoms with Gasteiger partial charge in [-0.25, -0.2) is 4.79 Å². The van der Waals surface area contributed by atoms with E-state index in [1.54, 1.807) is 0 Å². The van der Waals surface area contributed by atoms with Gasteiger partial charge in [-0.2, -0.15) is 0 Å². The molecule has 0 aromatic heterocycles. The zero-order chi connectivity index (χ0) is 18.0. The molecular weight excluding hydrogens is 322 g/mol. The van der Waals surface area contributed by atoms with Crippen LogP contribution in [0.2, 0.25) is 0 Å². The number of aliphatic hydroxyl groups is 1. The van der Waals surface area contributed by atoms with Crippen molar-refractivity contribution in [3.8, 4) is 11.1 Å². The Morgan fingerprint density at radius 3 is 2.12 bits per heavy atom. The molecule has 0 fully saturated rings. The van der Waals surface area contributed by atoms with Gasteiger partial charge in [-0.3, -0.25) is 0 Å². The molecule has 0 radical (unpaired) electrons. The molecule has 130 valence electrons. The standard InChI is InChI=1S/C19H19NO5/c1-11(21)17(18(22)23)20-19(24)25-10-16-14-8-4-2-6-12(14)13-7-3-5-9-15(13)16/h2-9,11,16-17,21H,10H2,1H3,(H,20,24)(H,22,23)/p-1. The average Bonchev–Trinajstić information content (AvgIpc) is 2.91. The maximum Gasteiger partial charge on any atom is 0.407 e. The molecule has 0 bridgehead atoms. The van der Waals surface area contributed by atoms with E-state index in [1.165, 1.54) is 6.92 Å². The minimum absolute atomic E-state index is 0.0689. The fraction of sp³-hybridized carbons (Fsp3) is 0.263. The summed E-state index contributed by atoms with van der Waals surface area (Å²) in [6, 6.07) is 14.3. The normalized spacial score (nSPS) is 15.0. The lowest BCUT2D eigenvalue weighted by Crippen LogP contribution is -2.53. The Morgan fingerprint density at radius 1 is 1.12 bits per heavy atom. The van der Waals surface area contributed by atoms with Crippen molar-refractivity contribution in [2.45, 2.75) is 25.0 Å². The minimum atomic E-state index is -1.57. The van der Waals surface area contributed by atoms with Crippen molar-refractivity contribution in [2.75, 3.05) is 6.61 Å². The van der Waals surface area contributed by atoms with Gasteiger partial charge in [-0.1, -0.05) is 48.5 Å². The Bertz CT molecular complexity index is 756. The van der Waals surface area contributed by atoms with Gasteiger partial charge in [0.15, 0.2) is 0 Å². The van der Waals surface area contributed by atoms with E-state index >= 15 is 0 Å². The average molecular weight is 340 g/mol. The van der Waals surface area contributed by atoms with E-state index in [0.717, 1.165) is 22.3 Å². The second-order valence-electron chi connectivity index (χ2n) is 6.01. The van der Waals surface area contributed by atoms with Crippen LogP contribution in [0.15, 0.2) is 48.5 Å². The van der Waals surface area contributed by atoms with Crippen molar-refractivity contribution in [3.05, 3.63) is 59.7 Å². The lowest BCUT2D eigenvalue weighted by molar-refractivity contribution is -0.310. The summed E-state index contributed by atoms with van der Waals surface area (Å²) in [4.78, 5) is 22.8. The van der Waals surface area contributed by atoms with Gasteiger partial charge in [0, 0.05) is 5.92 Å². The monoisotopic (exact) mass is 340 g/mol. The first-order valence-electron chi connectivity index (χ1n) is 7.99. The number of hydrogen-bond donors (Lipinski definition) is 2. The number of carbonyl (C=O) groups excluding carboxylic acids is 2. The first-order chi connectivity index (χ1) is 12.0. The minimum Gasteiger partial charge on any atom is -0.548 e. The second-order valence-corrected chi connectivity index (χ2v) is 6.01. The highest BCUT2D eigenvalue weighted by atomic mass is 16.5. The van der Waals surface area contributed by atoms with Crippen molar-refractivity contribution in [1.29, 1.82) is 0 Å². The number of ether oxygens (including phenoxy) is 1. The van der Waals surface area contributed by atoms with Crippen LogP contribution >= 0.6 is 0 Å². The van der Waals surface area contributed by atoms with E-state index in [-0.39, 0.29) is 12.5 Å². The molecular formula is C19H18NO5-. The Labute approximate surface area is 145 Å². The van der Waals surface area contributed by atoms with Crippen molar-refractivity contribution >= 4 is 12.1 Å². The van der Waals surface area contributed by atoms with E-state index in [0.29, 0.717) is 0 Å². The molecule has 0 saturated heterocycles. The van der Waals surface area contributed by atoms with E-state index in [4.69, 9.17) is 4.74 Å². The van der Waals surface area contributed by atoms with Crippen LogP contribution < -0.4 is 10.4 Å². The highest BCUT2D eigenvalue weighted by molar-refractivity contribution is 5.80. The fourth-order valence-corrected chi connectivity index (χ4v) is 3.14. The Hall–Kier alpha value is -2.86. The second kappa shape index (κ2) is 6.94. The molecule has 2 aromatic carbocycles. The molecule has 2 aromatic rings. The van der Waals surface area contributed by atoms with Crippen molar-refractivity contribution in [2.24, 2.45) is 0 Å². The number of amides is 1. The number of hydrogen-bond acceptors (Lipinski definition) is 5. The van der Waals surface area contributed by atoms with Crippen LogP contribution in [0.4, 0.5) is 4.79 Å². The lowest BCUT2D eigenvalue weighted by atomic mass is 9.98. The summed E-state index contributed by atoms with van der Waals surface area (Å²) in [7, 11) is 0. The molecule has 2 N–H and O–H groups in total. The summed E-state index contributed by atoms with van der Waals surface area (Å²) in [6.45, 7) is 1.32. The van der Waals surface area contributed by atoms with E-state index in [2.05, 4.69) is 5.32 Å². The summed E-state index contributed by atoms with van der Waals surface area (Å²) in [5.74, 6) is -1.69. The van der Waals surface area contributed by atoms with Crippen LogP contribution in [0.5, 0.6) is 0 Å². The molecule has 6 nitrogen and oxygen atoms in total. The molecule has 2 atom stereocenters. The molecule has 0 saturated carbocycles. The van der Waals surface area contributed by atoms with Gasteiger partial charge in [0.25, 0.3) is 0 Å². The Balaban J connectivity index is 1.73. The summed E-state index contributed by atoms with van der Waals surface area (Å²) in [5, 5.41) is 22.4. The van der Waals surface area contributed by atoms with Crippen molar-refractivity contribution in [1.82, 2.24) is 5.32 Å². The number of benzene rings is 2. The summed E-state index contributed by atoms with van der Waals surface area (Å²) in [6.07, 6.45) is -2.19. The van der Waals surface area contributed by atoms with E-state index in [9.17, 15) is 19.8 Å². The Kier molecular flexibility index (Phi) is 4.72. The number of carbonyl (C=O) groups is 2. The van der Waals surface area contributed by atoms with Crippen molar-refractivity contribution < 1.29 is 24.5 Å². The largest absolute Gasteiger partial charge is 0.548 e. The number of carboxylic acids is 1. The van der Waals surface area contributed by atoms with Crippen LogP contribution in [-0.4, -0.2) is 35.9 Å². The molecule has 0 spiro atoms. The smallest absolute Gasteiger partial charge is 0.407 e. The summed E-state index contributed by atoms with van der Waals surface area (Å²) < 4.78 is 5.22. The summed E-state index contributed by atoms with van der Waals surface area (Å²) in [5.41, 5.74) is 4.32. The van der Waals surface area contributed by atoms with Gasteiger partial charge in [-0.15, -0.1) is 0 Å². The van der Waals surface area contributed by atoms with Gasteiger partial charge >= 0.3 is 6.09 Å². The molecule has 6 heteroatoms. The van der Waals surface area contributed by atoms with E-state index < -0.39 is 24.2 Å². The number of rotatable bonds is 5. The molecule has 1 aliphatic rings. The van der Waals surface area contributed by atoms with Gasteiger partial charge in [0.1, 0.15) is 6.61 Å². The third-order valence-corrected chi connectivity index (χ3v) is 4.35. The van der Waals surface area contributed by atoms with Crippen molar-refractivity contribution in [3.63, 3.8) is 0 Å². The number of nitrogens with one attached hydrogen (secondary N) is 1. The number of aliphatic carboxylic acids is 1.